The Balaban J connectivity index is 1.88. The zero-order valence-electron chi connectivity index (χ0n) is 13.5. The summed E-state index contributed by atoms with van der Waals surface area (Å²) >= 11 is 0. The Bertz CT molecular complexity index is 488. The molecule has 0 atom stereocenters. The van der Waals surface area contributed by atoms with Gasteiger partial charge in [-0.1, -0.05) is 25.1 Å². The van der Waals surface area contributed by atoms with Crippen LogP contribution >= 0.6 is 0 Å². The van der Waals surface area contributed by atoms with Crippen LogP contribution < -0.4 is 15.4 Å². The number of nitrogens with one attached hydrogen (secondary N) is 2. The van der Waals surface area contributed by atoms with Crippen molar-refractivity contribution in [1.29, 1.82) is 0 Å². The average molecular weight is 302 g/mol. The maximum absolute atomic E-state index is 5.48. The molecule has 22 heavy (non-hydrogen) atoms. The predicted molar refractivity (Wildman–Crippen MR) is 90.1 cm³/mol. The maximum atomic E-state index is 5.48. The van der Waals surface area contributed by atoms with E-state index in [1.807, 2.05) is 18.3 Å². The minimum absolute atomic E-state index is 0.459. The van der Waals surface area contributed by atoms with E-state index < -0.39 is 0 Å². The molecule has 0 amide bonds. The average Bonchev–Trinajstić information content (AvgIpc) is 3.05. The van der Waals surface area contributed by atoms with E-state index in [1.54, 1.807) is 0 Å². The fourth-order valence-electron chi connectivity index (χ4n) is 2.22. The van der Waals surface area contributed by atoms with Gasteiger partial charge < -0.3 is 15.4 Å². The van der Waals surface area contributed by atoms with Gasteiger partial charge in [0.1, 0.15) is 0 Å². The van der Waals surface area contributed by atoms with Gasteiger partial charge in [-0.25, -0.2) is 9.98 Å². The fourth-order valence-corrected chi connectivity index (χ4v) is 2.22. The molecule has 2 N–H and O–H groups in total. The van der Waals surface area contributed by atoms with Crippen LogP contribution in [0, 0.1) is 0 Å². The highest BCUT2D eigenvalue weighted by molar-refractivity contribution is 5.80. The van der Waals surface area contributed by atoms with Crippen LogP contribution in [0.3, 0.4) is 0 Å². The number of guanidine groups is 1. The minimum atomic E-state index is 0.459. The molecule has 0 spiro atoms. The van der Waals surface area contributed by atoms with Crippen LogP contribution in [0.15, 0.2) is 35.5 Å². The van der Waals surface area contributed by atoms with Crippen LogP contribution in [0.2, 0.25) is 0 Å². The topological polar surface area (TPSA) is 58.5 Å². The molecule has 1 heterocycles. The van der Waals surface area contributed by atoms with Gasteiger partial charge in [0.05, 0.1) is 13.2 Å². The number of hydrogen-bond donors (Lipinski definition) is 2. The molecule has 0 unspecified atom stereocenters. The van der Waals surface area contributed by atoms with E-state index in [1.165, 1.54) is 0 Å². The Labute approximate surface area is 132 Å². The molecule has 0 saturated carbocycles. The van der Waals surface area contributed by atoms with E-state index in [2.05, 4.69) is 46.6 Å². The molecule has 1 aromatic rings. The summed E-state index contributed by atoms with van der Waals surface area (Å²) in [6, 6.07) is 4.38. The molecule has 1 aromatic heterocycles. The van der Waals surface area contributed by atoms with Gasteiger partial charge in [-0.15, -0.1) is 0 Å². The molecule has 0 bridgehead atoms. The number of rotatable bonds is 7. The van der Waals surface area contributed by atoms with Crippen LogP contribution in [-0.4, -0.2) is 30.1 Å². The molecular formula is C17H26N4O. The highest BCUT2D eigenvalue weighted by Crippen LogP contribution is 2.10. The first-order valence-electron chi connectivity index (χ1n) is 8.09. The smallest absolute Gasteiger partial charge is 0.213 e. The van der Waals surface area contributed by atoms with Crippen LogP contribution in [0.25, 0.3) is 0 Å². The van der Waals surface area contributed by atoms with Gasteiger partial charge in [0.2, 0.25) is 5.88 Å². The Morgan fingerprint density at radius 1 is 1.32 bits per heavy atom. The van der Waals surface area contributed by atoms with E-state index in [0.29, 0.717) is 25.1 Å². The first-order chi connectivity index (χ1) is 10.8. The molecule has 2 rings (SSSR count). The lowest BCUT2D eigenvalue weighted by Crippen LogP contribution is -2.42. The van der Waals surface area contributed by atoms with Crippen molar-refractivity contribution in [2.45, 2.75) is 45.7 Å². The van der Waals surface area contributed by atoms with E-state index in [4.69, 9.17) is 4.74 Å². The van der Waals surface area contributed by atoms with Gasteiger partial charge in [-0.05, 0) is 31.7 Å². The second-order valence-corrected chi connectivity index (χ2v) is 5.33. The third kappa shape index (κ3) is 5.39. The van der Waals surface area contributed by atoms with E-state index >= 15 is 0 Å². The lowest BCUT2D eigenvalue weighted by molar-refractivity contribution is 0.305. The van der Waals surface area contributed by atoms with Crippen molar-refractivity contribution in [1.82, 2.24) is 15.6 Å². The van der Waals surface area contributed by atoms with Crippen molar-refractivity contribution in [2.75, 3.05) is 13.2 Å². The summed E-state index contributed by atoms with van der Waals surface area (Å²) in [7, 11) is 0. The molecule has 0 fully saturated rings. The zero-order valence-corrected chi connectivity index (χ0v) is 13.5. The summed E-state index contributed by atoms with van der Waals surface area (Å²) in [5.41, 5.74) is 1.07. The molecule has 120 valence electrons. The lowest BCUT2D eigenvalue weighted by Gasteiger charge is -2.16. The number of ether oxygens (including phenoxy) is 1. The Kier molecular flexibility index (Phi) is 6.74. The van der Waals surface area contributed by atoms with Crippen molar-refractivity contribution in [3.05, 3.63) is 36.0 Å². The maximum Gasteiger partial charge on any atom is 0.213 e. The molecule has 0 saturated heterocycles. The second-order valence-electron chi connectivity index (χ2n) is 5.33. The number of hydrogen-bond acceptors (Lipinski definition) is 3. The Morgan fingerprint density at radius 2 is 2.14 bits per heavy atom. The fraction of sp³-hybridized carbons (Fsp3) is 0.529. The largest absolute Gasteiger partial charge is 0.478 e. The SMILES string of the molecule is CCCOc1ccc(CN=C(NCC)NC2CC=CC2)cn1. The standard InChI is InChI=1S/C17H26N4O/c1-3-11-22-16-10-9-14(12-19-16)13-20-17(18-4-2)21-15-7-5-6-8-15/h5-6,9-10,12,15H,3-4,7-8,11,13H2,1-2H3,(H2,18,20,21). The summed E-state index contributed by atoms with van der Waals surface area (Å²) in [6.45, 7) is 6.32. The van der Waals surface area contributed by atoms with Crippen LogP contribution in [0.1, 0.15) is 38.7 Å². The summed E-state index contributed by atoms with van der Waals surface area (Å²) in [4.78, 5) is 8.93. The monoisotopic (exact) mass is 302 g/mol. The van der Waals surface area contributed by atoms with E-state index in [9.17, 15) is 0 Å². The number of aromatic nitrogens is 1. The van der Waals surface area contributed by atoms with Gasteiger partial charge in [-0.2, -0.15) is 0 Å². The second kappa shape index (κ2) is 9.07. The normalized spacial score (nSPS) is 15.1. The molecule has 1 aliphatic rings. The quantitative estimate of drug-likeness (QED) is 0.462. The van der Waals surface area contributed by atoms with Gasteiger partial charge in [-0.3, -0.25) is 0 Å². The van der Waals surface area contributed by atoms with Crippen LogP contribution in [0.4, 0.5) is 0 Å². The molecule has 0 aromatic carbocycles. The van der Waals surface area contributed by atoms with Crippen molar-refractivity contribution in [3.63, 3.8) is 0 Å². The van der Waals surface area contributed by atoms with Gasteiger partial charge >= 0.3 is 0 Å². The van der Waals surface area contributed by atoms with Crippen LogP contribution in [-0.2, 0) is 6.54 Å². The third-order valence-corrected chi connectivity index (χ3v) is 3.36. The van der Waals surface area contributed by atoms with E-state index in [-0.39, 0.29) is 0 Å². The third-order valence-electron chi connectivity index (χ3n) is 3.36. The van der Waals surface area contributed by atoms with Crippen LogP contribution in [0.5, 0.6) is 5.88 Å². The Hall–Kier alpha value is -2.04. The summed E-state index contributed by atoms with van der Waals surface area (Å²) in [5.74, 6) is 1.54. The first-order valence-corrected chi connectivity index (χ1v) is 8.09. The molecular weight excluding hydrogens is 276 g/mol. The summed E-state index contributed by atoms with van der Waals surface area (Å²) < 4.78 is 5.48. The molecule has 1 aliphatic carbocycles. The lowest BCUT2D eigenvalue weighted by atomic mass is 10.2. The van der Waals surface area contributed by atoms with Gasteiger partial charge in [0, 0.05) is 24.8 Å². The summed E-state index contributed by atoms with van der Waals surface area (Å²) in [6.07, 6.45) is 9.36. The molecule has 0 radical (unpaired) electrons. The zero-order chi connectivity index (χ0) is 15.6. The number of pyridine rings is 1. The van der Waals surface area contributed by atoms with Gasteiger partial charge in [0.25, 0.3) is 0 Å². The number of nitrogens with zero attached hydrogens (tertiary/aromatic N) is 2. The van der Waals surface area contributed by atoms with E-state index in [0.717, 1.165) is 37.3 Å². The van der Waals surface area contributed by atoms with Crippen molar-refractivity contribution in [3.8, 4) is 5.88 Å². The molecule has 5 heteroatoms. The Morgan fingerprint density at radius 3 is 2.77 bits per heavy atom. The number of aliphatic imine (C=N–C) groups is 1. The predicted octanol–water partition coefficient (Wildman–Crippen LogP) is 2.64. The minimum Gasteiger partial charge on any atom is -0.478 e. The van der Waals surface area contributed by atoms with Crippen molar-refractivity contribution < 1.29 is 4.74 Å². The van der Waals surface area contributed by atoms with Crippen molar-refractivity contribution in [2.24, 2.45) is 4.99 Å². The van der Waals surface area contributed by atoms with Gasteiger partial charge in [0.15, 0.2) is 5.96 Å². The molecule has 5 nitrogen and oxygen atoms in total. The highest BCUT2D eigenvalue weighted by atomic mass is 16.5. The summed E-state index contributed by atoms with van der Waals surface area (Å²) in [5, 5.41) is 6.74. The highest BCUT2D eigenvalue weighted by Gasteiger charge is 2.11. The van der Waals surface area contributed by atoms with Crippen molar-refractivity contribution >= 4 is 5.96 Å². The molecule has 0 aliphatic heterocycles. The first kappa shape index (κ1) is 16.3.